The number of imidazole rings is 1. The Bertz CT molecular complexity index is 296. The van der Waals surface area contributed by atoms with E-state index in [-0.39, 0.29) is 5.91 Å². The van der Waals surface area contributed by atoms with Gasteiger partial charge in [0.2, 0.25) is 0 Å². The van der Waals surface area contributed by atoms with Gasteiger partial charge in [-0.3, -0.25) is 10.2 Å². The quantitative estimate of drug-likeness (QED) is 0.289. The number of hydrazine groups is 1. The predicted octanol–water partition coefficient (Wildman–Crippen LogP) is -0.255. The van der Waals surface area contributed by atoms with Crippen LogP contribution >= 0.6 is 11.8 Å². The number of nitrogens with zero attached hydrogens (tertiary/aromatic N) is 2. The molecule has 0 aliphatic carbocycles. The van der Waals surface area contributed by atoms with E-state index in [2.05, 4.69) is 10.4 Å². The van der Waals surface area contributed by atoms with Crippen molar-refractivity contribution >= 4 is 17.7 Å². The summed E-state index contributed by atoms with van der Waals surface area (Å²) in [6.07, 6.45) is 3.39. The maximum Gasteiger partial charge on any atom is 0.283 e. The Morgan fingerprint density at radius 1 is 1.83 bits per heavy atom. The molecule has 1 amide bonds. The first-order valence-electron chi connectivity index (χ1n) is 3.27. The van der Waals surface area contributed by atoms with E-state index in [0.717, 1.165) is 5.16 Å². The summed E-state index contributed by atoms with van der Waals surface area (Å²) in [4.78, 5) is 15.1. The predicted molar refractivity (Wildman–Crippen MR) is 46.6 cm³/mol. The van der Waals surface area contributed by atoms with Gasteiger partial charge < -0.3 is 4.57 Å². The molecule has 66 valence electrons. The minimum absolute atomic E-state index is 0.328. The maximum atomic E-state index is 11.1. The molecule has 0 aliphatic rings. The summed E-state index contributed by atoms with van der Waals surface area (Å²) in [5.74, 6) is 4.65. The first-order valence-corrected chi connectivity index (χ1v) is 4.49. The molecule has 1 rings (SSSR count). The topological polar surface area (TPSA) is 72.9 Å². The van der Waals surface area contributed by atoms with E-state index >= 15 is 0 Å². The summed E-state index contributed by atoms with van der Waals surface area (Å²) in [5.41, 5.74) is 2.51. The van der Waals surface area contributed by atoms with Crippen molar-refractivity contribution in [2.75, 3.05) is 6.26 Å². The van der Waals surface area contributed by atoms with Gasteiger partial charge in [-0.15, -0.1) is 0 Å². The van der Waals surface area contributed by atoms with Gasteiger partial charge in [-0.1, -0.05) is 11.8 Å². The summed E-state index contributed by atoms with van der Waals surface area (Å²) in [6.45, 7) is 0. The number of carbonyl (C=O) groups is 1. The van der Waals surface area contributed by atoms with Crippen LogP contribution in [0.4, 0.5) is 0 Å². The fraction of sp³-hybridized carbons (Fsp3) is 0.333. The maximum absolute atomic E-state index is 11.1. The van der Waals surface area contributed by atoms with Gasteiger partial charge in [0.15, 0.2) is 5.16 Å². The van der Waals surface area contributed by atoms with Crippen LogP contribution in [0.15, 0.2) is 11.4 Å². The average Bonchev–Trinajstić information content (AvgIpc) is 2.45. The second-order valence-corrected chi connectivity index (χ2v) is 2.94. The minimum atomic E-state index is -0.328. The average molecular weight is 186 g/mol. The molecule has 1 heterocycles. The van der Waals surface area contributed by atoms with Gasteiger partial charge in [0.25, 0.3) is 5.91 Å². The van der Waals surface area contributed by atoms with Crippen LogP contribution in [0.25, 0.3) is 0 Å². The van der Waals surface area contributed by atoms with E-state index in [4.69, 9.17) is 5.84 Å². The van der Waals surface area contributed by atoms with Crippen molar-refractivity contribution in [2.45, 2.75) is 5.16 Å². The molecule has 1 aromatic rings. The third-order valence-corrected chi connectivity index (χ3v) is 2.24. The Kier molecular flexibility index (Phi) is 2.72. The number of nitrogen functional groups attached to an aromatic ring is 1. The molecule has 6 heteroatoms. The SMILES string of the molecule is CSc1ncc(C(=O)NN)n1C. The molecule has 0 unspecified atom stereocenters. The zero-order chi connectivity index (χ0) is 9.14. The van der Waals surface area contributed by atoms with Gasteiger partial charge in [0.05, 0.1) is 6.20 Å². The second kappa shape index (κ2) is 3.59. The molecule has 0 saturated heterocycles. The summed E-state index contributed by atoms with van der Waals surface area (Å²) >= 11 is 1.48. The highest BCUT2D eigenvalue weighted by molar-refractivity contribution is 7.98. The van der Waals surface area contributed by atoms with Crippen LogP contribution in [0.1, 0.15) is 10.5 Å². The van der Waals surface area contributed by atoms with E-state index < -0.39 is 0 Å². The number of nitrogens with two attached hydrogens (primary N) is 1. The van der Waals surface area contributed by atoms with Crippen LogP contribution in [-0.4, -0.2) is 21.7 Å². The fourth-order valence-electron chi connectivity index (χ4n) is 0.867. The molecule has 0 radical (unpaired) electrons. The molecule has 12 heavy (non-hydrogen) atoms. The Labute approximate surface area is 74.3 Å². The van der Waals surface area contributed by atoms with E-state index in [1.165, 1.54) is 18.0 Å². The highest BCUT2D eigenvalue weighted by Crippen LogP contribution is 2.12. The first kappa shape index (κ1) is 9.08. The van der Waals surface area contributed by atoms with Gasteiger partial charge in [0, 0.05) is 7.05 Å². The van der Waals surface area contributed by atoms with Gasteiger partial charge in [-0.2, -0.15) is 0 Å². The molecule has 0 spiro atoms. The van der Waals surface area contributed by atoms with Crippen molar-refractivity contribution in [3.63, 3.8) is 0 Å². The molecular formula is C6H10N4OS. The molecule has 0 fully saturated rings. The van der Waals surface area contributed by atoms with Crippen molar-refractivity contribution in [1.29, 1.82) is 0 Å². The molecule has 0 aliphatic heterocycles. The number of hydrogen-bond acceptors (Lipinski definition) is 4. The zero-order valence-corrected chi connectivity index (χ0v) is 7.68. The third-order valence-electron chi connectivity index (χ3n) is 1.49. The van der Waals surface area contributed by atoms with E-state index in [1.807, 2.05) is 6.26 Å². The highest BCUT2D eigenvalue weighted by Gasteiger charge is 2.11. The van der Waals surface area contributed by atoms with E-state index in [0.29, 0.717) is 5.69 Å². The monoisotopic (exact) mass is 186 g/mol. The van der Waals surface area contributed by atoms with Gasteiger partial charge in [0.1, 0.15) is 5.69 Å². The number of nitrogens with one attached hydrogen (secondary N) is 1. The summed E-state index contributed by atoms with van der Waals surface area (Å²) in [5, 5.41) is 0.786. The van der Waals surface area contributed by atoms with Crippen molar-refractivity contribution in [3.05, 3.63) is 11.9 Å². The minimum Gasteiger partial charge on any atom is -0.318 e. The Morgan fingerprint density at radius 2 is 2.50 bits per heavy atom. The Hall–Kier alpha value is -1.01. The number of rotatable bonds is 2. The Balaban J connectivity index is 3.02. The first-order chi connectivity index (χ1) is 5.70. The normalized spacial score (nSPS) is 9.92. The molecule has 3 N–H and O–H groups in total. The van der Waals surface area contributed by atoms with E-state index in [1.54, 1.807) is 11.6 Å². The largest absolute Gasteiger partial charge is 0.318 e. The van der Waals surface area contributed by atoms with E-state index in [9.17, 15) is 4.79 Å². The van der Waals surface area contributed by atoms with Crippen LogP contribution in [0, 0.1) is 0 Å². The molecule has 0 atom stereocenters. The molecular weight excluding hydrogens is 176 g/mol. The van der Waals surface area contributed by atoms with Crippen molar-refractivity contribution in [3.8, 4) is 0 Å². The molecule has 0 bridgehead atoms. The van der Waals surface area contributed by atoms with Gasteiger partial charge in [-0.25, -0.2) is 10.8 Å². The van der Waals surface area contributed by atoms with Crippen LogP contribution in [0.2, 0.25) is 0 Å². The molecule has 1 aromatic heterocycles. The number of aromatic nitrogens is 2. The third kappa shape index (κ3) is 1.44. The summed E-state index contributed by atoms with van der Waals surface area (Å²) in [6, 6.07) is 0. The standard InChI is InChI=1S/C6H10N4OS/c1-10-4(5(11)9-7)3-8-6(10)12-2/h3H,7H2,1-2H3,(H,9,11). The number of hydrogen-bond donors (Lipinski definition) is 2. The van der Waals surface area contributed by atoms with Crippen molar-refractivity contribution in [2.24, 2.45) is 12.9 Å². The van der Waals surface area contributed by atoms with Gasteiger partial charge in [-0.05, 0) is 6.26 Å². The lowest BCUT2D eigenvalue weighted by Crippen LogP contribution is -2.31. The second-order valence-electron chi connectivity index (χ2n) is 2.16. The molecule has 5 nitrogen and oxygen atoms in total. The number of carbonyl (C=O) groups excluding carboxylic acids is 1. The molecule has 0 aromatic carbocycles. The lowest BCUT2D eigenvalue weighted by molar-refractivity contribution is 0.0945. The highest BCUT2D eigenvalue weighted by atomic mass is 32.2. The molecule has 0 saturated carbocycles. The smallest absolute Gasteiger partial charge is 0.283 e. The number of thioether (sulfide) groups is 1. The fourth-order valence-corrected chi connectivity index (χ4v) is 1.40. The van der Waals surface area contributed by atoms with Crippen molar-refractivity contribution in [1.82, 2.24) is 15.0 Å². The lowest BCUT2D eigenvalue weighted by Gasteiger charge is -2.01. The lowest BCUT2D eigenvalue weighted by atomic mass is 10.4. The Morgan fingerprint density at radius 3 is 2.92 bits per heavy atom. The zero-order valence-electron chi connectivity index (χ0n) is 6.87. The van der Waals surface area contributed by atoms with Crippen LogP contribution in [0.5, 0.6) is 0 Å². The summed E-state index contributed by atoms with van der Waals surface area (Å²) < 4.78 is 1.69. The van der Waals surface area contributed by atoms with Crippen LogP contribution in [0.3, 0.4) is 0 Å². The number of amides is 1. The van der Waals surface area contributed by atoms with Crippen LogP contribution < -0.4 is 11.3 Å². The summed E-state index contributed by atoms with van der Waals surface area (Å²) in [7, 11) is 1.77. The van der Waals surface area contributed by atoms with Crippen molar-refractivity contribution < 1.29 is 4.79 Å². The van der Waals surface area contributed by atoms with Gasteiger partial charge >= 0.3 is 0 Å². The van der Waals surface area contributed by atoms with Crippen LogP contribution in [-0.2, 0) is 7.05 Å².